The Balaban J connectivity index is 1.39. The maximum Gasteiger partial charge on any atom is 0.346 e. The molecule has 208 valence electrons. The number of rotatable bonds is 11. The van der Waals surface area contributed by atoms with Gasteiger partial charge in [0.15, 0.2) is 11.6 Å². The Morgan fingerprint density at radius 2 is 1.54 bits per heavy atom. The lowest BCUT2D eigenvalue weighted by Crippen LogP contribution is -2.22. The van der Waals surface area contributed by atoms with Crippen molar-refractivity contribution in [1.82, 2.24) is 0 Å². The van der Waals surface area contributed by atoms with Crippen LogP contribution in [0, 0.1) is 17.5 Å². The van der Waals surface area contributed by atoms with Crippen molar-refractivity contribution >= 4 is 5.97 Å². The van der Waals surface area contributed by atoms with E-state index in [9.17, 15) is 18.0 Å². The van der Waals surface area contributed by atoms with Crippen LogP contribution in [0.5, 0.6) is 11.5 Å². The smallest absolute Gasteiger partial charge is 0.346 e. The predicted molar refractivity (Wildman–Crippen MR) is 145 cm³/mol. The average molecular weight is 541 g/mol. The number of benzene rings is 3. The summed E-state index contributed by atoms with van der Waals surface area (Å²) in [4.78, 5) is 12.7. The normalized spacial score (nSPS) is 17.2. The molecule has 0 bridgehead atoms. The van der Waals surface area contributed by atoms with E-state index in [-0.39, 0.29) is 23.3 Å². The van der Waals surface area contributed by atoms with Crippen LogP contribution in [0.15, 0.2) is 54.6 Å². The summed E-state index contributed by atoms with van der Waals surface area (Å²) in [5, 5.41) is 0. The fraction of sp³-hybridized carbons (Fsp3) is 0.406. The first-order chi connectivity index (χ1) is 18.9. The minimum Gasteiger partial charge on any atom is -0.493 e. The molecule has 0 radical (unpaired) electrons. The molecule has 0 amide bonds. The molecule has 4 nitrogen and oxygen atoms in total. The highest BCUT2D eigenvalue weighted by atomic mass is 19.2. The number of carbonyl (C=O) groups is 1. The van der Waals surface area contributed by atoms with Crippen LogP contribution in [0.3, 0.4) is 0 Å². The van der Waals surface area contributed by atoms with Crippen molar-refractivity contribution in [2.75, 3.05) is 13.2 Å². The van der Waals surface area contributed by atoms with Gasteiger partial charge in [-0.1, -0.05) is 38.5 Å². The molecule has 4 rings (SSSR count). The van der Waals surface area contributed by atoms with Crippen LogP contribution in [0.1, 0.15) is 80.6 Å². The molecule has 0 saturated heterocycles. The summed E-state index contributed by atoms with van der Waals surface area (Å²) in [7, 11) is 0. The largest absolute Gasteiger partial charge is 0.493 e. The number of esters is 1. The molecule has 3 aromatic carbocycles. The molecule has 1 aliphatic rings. The maximum absolute atomic E-state index is 15.0. The van der Waals surface area contributed by atoms with E-state index in [1.54, 1.807) is 24.3 Å². The number of hydrogen-bond donors (Lipinski definition) is 0. The minimum absolute atomic E-state index is 0.115. The molecule has 0 aliphatic heterocycles. The Kier molecular flexibility index (Phi) is 10.0. The van der Waals surface area contributed by atoms with Crippen molar-refractivity contribution in [2.45, 2.75) is 70.8 Å². The Morgan fingerprint density at radius 1 is 0.821 bits per heavy atom. The standard InChI is InChI=1S/C32H35F3O4/c1-3-5-19-38-25-14-15-26(29(33)20-25)21-8-12-24(13-9-21)39-32(36)28-17-16-27(30(34)31(28)35)22-6-10-23(11-7-22)37-18-4-2/h8-9,12-17,20,22-23H,3-7,10-11,18-19H2,1-2H3. The topological polar surface area (TPSA) is 44.8 Å². The molecule has 0 heterocycles. The first-order valence-electron chi connectivity index (χ1n) is 13.8. The summed E-state index contributed by atoms with van der Waals surface area (Å²) in [5.41, 5.74) is 0.755. The second kappa shape index (κ2) is 13.7. The summed E-state index contributed by atoms with van der Waals surface area (Å²) in [6.07, 6.45) is 5.99. The third kappa shape index (κ3) is 7.21. The summed E-state index contributed by atoms with van der Waals surface area (Å²) in [5.74, 6) is -3.16. The van der Waals surface area contributed by atoms with Crippen LogP contribution < -0.4 is 9.47 Å². The van der Waals surface area contributed by atoms with Crippen LogP contribution in [0.4, 0.5) is 13.2 Å². The minimum atomic E-state index is -1.21. The van der Waals surface area contributed by atoms with Crippen molar-refractivity contribution in [3.8, 4) is 22.6 Å². The zero-order valence-electron chi connectivity index (χ0n) is 22.5. The monoisotopic (exact) mass is 540 g/mol. The number of halogens is 3. The van der Waals surface area contributed by atoms with E-state index in [1.807, 2.05) is 0 Å². The van der Waals surface area contributed by atoms with Gasteiger partial charge in [-0.05, 0) is 85.9 Å². The van der Waals surface area contributed by atoms with Crippen LogP contribution in [-0.2, 0) is 4.74 Å². The third-order valence-corrected chi connectivity index (χ3v) is 7.09. The van der Waals surface area contributed by atoms with Gasteiger partial charge in [0, 0.05) is 18.2 Å². The first kappa shape index (κ1) is 28.7. The molecule has 1 aliphatic carbocycles. The van der Waals surface area contributed by atoms with E-state index in [0.717, 1.165) is 32.1 Å². The molecule has 3 aromatic rings. The van der Waals surface area contributed by atoms with E-state index < -0.39 is 29.0 Å². The van der Waals surface area contributed by atoms with E-state index in [1.165, 1.54) is 30.3 Å². The van der Waals surface area contributed by atoms with Crippen molar-refractivity contribution in [3.63, 3.8) is 0 Å². The molecule has 0 unspecified atom stereocenters. The van der Waals surface area contributed by atoms with Gasteiger partial charge in [0.2, 0.25) is 0 Å². The molecule has 0 spiro atoms. The average Bonchev–Trinajstić information content (AvgIpc) is 2.94. The van der Waals surface area contributed by atoms with E-state index >= 15 is 0 Å². The van der Waals surface area contributed by atoms with Gasteiger partial charge in [0.25, 0.3) is 0 Å². The maximum atomic E-state index is 15.0. The predicted octanol–water partition coefficient (Wildman–Crippen LogP) is 8.62. The van der Waals surface area contributed by atoms with Crippen molar-refractivity contribution in [3.05, 3.63) is 83.2 Å². The summed E-state index contributed by atoms with van der Waals surface area (Å²) < 4.78 is 61.2. The van der Waals surface area contributed by atoms with Crippen LogP contribution >= 0.6 is 0 Å². The second-order valence-corrected chi connectivity index (χ2v) is 9.93. The molecule has 39 heavy (non-hydrogen) atoms. The second-order valence-electron chi connectivity index (χ2n) is 9.93. The lowest BCUT2D eigenvalue weighted by atomic mass is 9.82. The van der Waals surface area contributed by atoms with Gasteiger partial charge in [0.1, 0.15) is 17.3 Å². The van der Waals surface area contributed by atoms with Crippen molar-refractivity contribution < 1.29 is 32.2 Å². The highest BCUT2D eigenvalue weighted by molar-refractivity contribution is 5.91. The Bertz CT molecular complexity index is 1250. The number of unbranched alkanes of at least 4 members (excludes halogenated alkanes) is 1. The van der Waals surface area contributed by atoms with Crippen LogP contribution in [0.25, 0.3) is 11.1 Å². The fourth-order valence-electron chi connectivity index (χ4n) is 4.88. The molecule has 7 heteroatoms. The van der Waals surface area contributed by atoms with E-state index in [4.69, 9.17) is 14.2 Å². The third-order valence-electron chi connectivity index (χ3n) is 7.09. The molecule has 0 atom stereocenters. The van der Waals surface area contributed by atoms with E-state index in [0.29, 0.717) is 42.9 Å². The Labute approximate surface area is 228 Å². The first-order valence-corrected chi connectivity index (χ1v) is 13.8. The number of ether oxygens (including phenoxy) is 3. The highest BCUT2D eigenvalue weighted by Gasteiger charge is 2.28. The lowest BCUT2D eigenvalue weighted by Gasteiger charge is -2.29. The summed E-state index contributed by atoms with van der Waals surface area (Å²) >= 11 is 0. The van der Waals surface area contributed by atoms with Gasteiger partial charge in [-0.2, -0.15) is 0 Å². The zero-order valence-corrected chi connectivity index (χ0v) is 22.5. The molecular weight excluding hydrogens is 505 g/mol. The van der Waals surface area contributed by atoms with Gasteiger partial charge < -0.3 is 14.2 Å². The highest BCUT2D eigenvalue weighted by Crippen LogP contribution is 2.36. The van der Waals surface area contributed by atoms with Crippen molar-refractivity contribution in [1.29, 1.82) is 0 Å². The van der Waals surface area contributed by atoms with Crippen molar-refractivity contribution in [2.24, 2.45) is 0 Å². The fourth-order valence-corrected chi connectivity index (χ4v) is 4.88. The quantitative estimate of drug-likeness (QED) is 0.139. The summed E-state index contributed by atoms with van der Waals surface area (Å²) in [6, 6.07) is 13.6. The lowest BCUT2D eigenvalue weighted by molar-refractivity contribution is 0.0248. The molecule has 1 fully saturated rings. The number of hydrogen-bond acceptors (Lipinski definition) is 4. The Hall–Kier alpha value is -3.32. The zero-order chi connectivity index (χ0) is 27.8. The van der Waals surface area contributed by atoms with Gasteiger partial charge >= 0.3 is 5.97 Å². The van der Waals surface area contributed by atoms with Crippen LogP contribution in [0.2, 0.25) is 0 Å². The van der Waals surface area contributed by atoms with Gasteiger partial charge in [-0.15, -0.1) is 0 Å². The van der Waals surface area contributed by atoms with Gasteiger partial charge in [-0.25, -0.2) is 18.0 Å². The Morgan fingerprint density at radius 3 is 2.21 bits per heavy atom. The number of carbonyl (C=O) groups excluding carboxylic acids is 1. The molecule has 0 aromatic heterocycles. The van der Waals surface area contributed by atoms with E-state index in [2.05, 4.69) is 13.8 Å². The summed E-state index contributed by atoms with van der Waals surface area (Å²) in [6.45, 7) is 5.34. The molecule has 0 N–H and O–H groups in total. The van der Waals surface area contributed by atoms with Crippen LogP contribution in [-0.4, -0.2) is 25.3 Å². The molecule has 1 saturated carbocycles. The molecular formula is C32H35F3O4. The van der Waals surface area contributed by atoms with Gasteiger partial charge in [-0.3, -0.25) is 0 Å². The SMILES string of the molecule is CCCCOc1ccc(-c2ccc(OC(=O)c3ccc(C4CCC(OCCC)CC4)c(F)c3F)cc2)c(F)c1. The van der Waals surface area contributed by atoms with Gasteiger partial charge in [0.05, 0.1) is 18.3 Å².